The van der Waals surface area contributed by atoms with Gasteiger partial charge in [0.25, 0.3) is 0 Å². The van der Waals surface area contributed by atoms with Gasteiger partial charge in [0.2, 0.25) is 0 Å². The lowest BCUT2D eigenvalue weighted by Crippen LogP contribution is -2.28. The zero-order valence-corrected chi connectivity index (χ0v) is 10.6. The summed E-state index contributed by atoms with van der Waals surface area (Å²) in [6, 6.07) is 3.05. The molecule has 2 N–H and O–H groups in total. The van der Waals surface area contributed by atoms with E-state index in [0.717, 1.165) is 12.8 Å². The largest absolute Gasteiger partial charge is 0.396 e. The third-order valence-electron chi connectivity index (χ3n) is 2.62. The van der Waals surface area contributed by atoms with E-state index in [1.807, 2.05) is 11.3 Å². The maximum atomic E-state index is 8.75. The topological polar surface area (TPSA) is 32.3 Å². The molecule has 1 heterocycles. The van der Waals surface area contributed by atoms with Gasteiger partial charge in [-0.1, -0.05) is 0 Å². The van der Waals surface area contributed by atoms with Crippen LogP contribution in [-0.4, -0.2) is 17.8 Å². The van der Waals surface area contributed by atoms with Gasteiger partial charge in [0.05, 0.1) is 0 Å². The predicted octanol–water partition coefficient (Wildman–Crippen LogP) is 2.87. The Labute approximate surface area is 96.3 Å². The maximum Gasteiger partial charge on any atom is 0.0431 e. The number of thiophene rings is 1. The molecule has 0 aromatic carbocycles. The Morgan fingerprint density at radius 3 is 2.73 bits per heavy atom. The summed E-state index contributed by atoms with van der Waals surface area (Å²) in [6.45, 7) is 6.82. The van der Waals surface area contributed by atoms with E-state index in [-0.39, 0.29) is 0 Å². The minimum Gasteiger partial charge on any atom is -0.396 e. The molecular formula is C12H21NOS. The van der Waals surface area contributed by atoms with Crippen LogP contribution in [0.25, 0.3) is 0 Å². The lowest BCUT2D eigenvalue weighted by Gasteiger charge is -2.19. The highest BCUT2D eigenvalue weighted by Crippen LogP contribution is 2.23. The molecule has 0 fully saturated rings. The first-order valence-electron chi connectivity index (χ1n) is 5.56. The van der Waals surface area contributed by atoms with Crippen LogP contribution in [0, 0.1) is 6.92 Å². The van der Waals surface area contributed by atoms with Crippen LogP contribution in [0.2, 0.25) is 0 Å². The quantitative estimate of drug-likeness (QED) is 0.783. The van der Waals surface area contributed by atoms with Crippen molar-refractivity contribution >= 4 is 11.3 Å². The van der Waals surface area contributed by atoms with E-state index >= 15 is 0 Å². The van der Waals surface area contributed by atoms with Crippen LogP contribution in [-0.2, 0) is 0 Å². The lowest BCUT2D eigenvalue weighted by atomic mass is 10.1. The second kappa shape index (κ2) is 6.26. The Hall–Kier alpha value is -0.380. The lowest BCUT2D eigenvalue weighted by molar-refractivity contribution is 0.274. The van der Waals surface area contributed by atoms with Gasteiger partial charge in [-0.05, 0) is 50.6 Å². The third-order valence-corrected chi connectivity index (χ3v) is 3.83. The summed E-state index contributed by atoms with van der Waals surface area (Å²) in [5, 5.41) is 14.4. The molecule has 3 heteroatoms. The van der Waals surface area contributed by atoms with Gasteiger partial charge in [-0.3, -0.25) is 0 Å². The van der Waals surface area contributed by atoms with Gasteiger partial charge in [-0.15, -0.1) is 11.3 Å². The van der Waals surface area contributed by atoms with Crippen molar-refractivity contribution in [1.82, 2.24) is 5.32 Å². The van der Waals surface area contributed by atoms with Crippen molar-refractivity contribution in [3.8, 4) is 0 Å². The molecule has 0 amide bonds. The zero-order chi connectivity index (χ0) is 11.3. The second-order valence-electron chi connectivity index (χ2n) is 4.12. The van der Waals surface area contributed by atoms with Crippen LogP contribution in [0.1, 0.15) is 43.2 Å². The Bertz CT molecular complexity index is 285. The fourth-order valence-electron chi connectivity index (χ4n) is 1.81. The average Bonchev–Trinajstić information content (AvgIpc) is 2.61. The molecule has 1 aromatic heterocycles. The fraction of sp³-hybridized carbons (Fsp3) is 0.667. The first-order chi connectivity index (χ1) is 7.15. The molecule has 0 saturated carbocycles. The van der Waals surface area contributed by atoms with Crippen LogP contribution in [0.4, 0.5) is 0 Å². The summed E-state index contributed by atoms with van der Waals surface area (Å²) in [4.78, 5) is 1.42. The molecule has 0 bridgehead atoms. The molecule has 0 unspecified atom stereocenters. The number of hydrogen-bond donors (Lipinski definition) is 2. The Balaban J connectivity index is 2.42. The Morgan fingerprint density at radius 2 is 2.20 bits per heavy atom. The summed E-state index contributed by atoms with van der Waals surface area (Å²) in [5.41, 5.74) is 1.37. The Morgan fingerprint density at radius 1 is 1.47 bits per heavy atom. The third kappa shape index (κ3) is 3.93. The van der Waals surface area contributed by atoms with E-state index in [1.165, 1.54) is 10.4 Å². The van der Waals surface area contributed by atoms with Crippen molar-refractivity contribution in [1.29, 1.82) is 0 Å². The van der Waals surface area contributed by atoms with Gasteiger partial charge < -0.3 is 10.4 Å². The fourth-order valence-corrected chi connectivity index (χ4v) is 2.76. The van der Waals surface area contributed by atoms with Crippen LogP contribution < -0.4 is 5.32 Å². The monoisotopic (exact) mass is 227 g/mol. The highest BCUT2D eigenvalue weighted by molar-refractivity contribution is 7.10. The number of aliphatic hydroxyl groups excluding tert-OH is 1. The second-order valence-corrected chi connectivity index (χ2v) is 5.07. The molecule has 0 spiro atoms. The minimum absolute atomic E-state index is 0.290. The van der Waals surface area contributed by atoms with Crippen LogP contribution >= 0.6 is 11.3 Å². The van der Waals surface area contributed by atoms with E-state index in [4.69, 9.17) is 5.11 Å². The van der Waals surface area contributed by atoms with Gasteiger partial charge in [-0.25, -0.2) is 0 Å². The van der Waals surface area contributed by atoms with Gasteiger partial charge >= 0.3 is 0 Å². The molecule has 1 aromatic rings. The molecule has 0 radical (unpaired) electrons. The van der Waals surface area contributed by atoms with Crippen molar-refractivity contribution in [3.63, 3.8) is 0 Å². The average molecular weight is 227 g/mol. The van der Waals surface area contributed by atoms with E-state index in [1.54, 1.807) is 0 Å². The molecule has 0 aliphatic rings. The smallest absolute Gasteiger partial charge is 0.0431 e. The first kappa shape index (κ1) is 12.7. The van der Waals surface area contributed by atoms with Crippen molar-refractivity contribution in [2.45, 2.75) is 45.7 Å². The SMILES string of the molecule is Cc1ccsc1[C@@H](C)N[C@H](C)CCCO. The molecule has 2 atom stereocenters. The molecular weight excluding hydrogens is 206 g/mol. The van der Waals surface area contributed by atoms with E-state index in [0.29, 0.717) is 18.7 Å². The van der Waals surface area contributed by atoms with Crippen molar-refractivity contribution < 1.29 is 5.11 Å². The summed E-state index contributed by atoms with van der Waals surface area (Å²) >= 11 is 1.81. The van der Waals surface area contributed by atoms with E-state index in [2.05, 4.69) is 37.5 Å². The van der Waals surface area contributed by atoms with Crippen molar-refractivity contribution in [3.05, 3.63) is 21.9 Å². The predicted molar refractivity (Wildman–Crippen MR) is 66.4 cm³/mol. The summed E-state index contributed by atoms with van der Waals surface area (Å²) < 4.78 is 0. The van der Waals surface area contributed by atoms with Gasteiger partial charge in [0, 0.05) is 23.6 Å². The van der Waals surface area contributed by atoms with Gasteiger partial charge in [0.15, 0.2) is 0 Å². The Kier molecular flexibility index (Phi) is 5.29. The van der Waals surface area contributed by atoms with Crippen LogP contribution in [0.5, 0.6) is 0 Å². The van der Waals surface area contributed by atoms with Gasteiger partial charge in [0.1, 0.15) is 0 Å². The standard InChI is InChI=1S/C12H21NOS/c1-9-6-8-15-12(9)11(3)13-10(2)5-4-7-14/h6,8,10-11,13-14H,4-5,7H2,1-3H3/t10-,11-/m1/s1. The zero-order valence-electron chi connectivity index (χ0n) is 9.79. The highest BCUT2D eigenvalue weighted by atomic mass is 32.1. The number of aliphatic hydroxyl groups is 1. The van der Waals surface area contributed by atoms with E-state index < -0.39 is 0 Å². The van der Waals surface area contributed by atoms with Crippen molar-refractivity contribution in [2.75, 3.05) is 6.61 Å². The molecule has 86 valence electrons. The van der Waals surface area contributed by atoms with Crippen molar-refractivity contribution in [2.24, 2.45) is 0 Å². The maximum absolute atomic E-state index is 8.75. The summed E-state index contributed by atoms with van der Waals surface area (Å²) in [5.74, 6) is 0. The number of aryl methyl sites for hydroxylation is 1. The summed E-state index contributed by atoms with van der Waals surface area (Å²) in [6.07, 6.45) is 1.91. The number of rotatable bonds is 6. The molecule has 0 aliphatic carbocycles. The van der Waals surface area contributed by atoms with Gasteiger partial charge in [-0.2, -0.15) is 0 Å². The molecule has 0 saturated heterocycles. The van der Waals surface area contributed by atoms with Crippen LogP contribution in [0.15, 0.2) is 11.4 Å². The molecule has 0 aliphatic heterocycles. The molecule has 1 rings (SSSR count). The van der Waals surface area contributed by atoms with Crippen LogP contribution in [0.3, 0.4) is 0 Å². The normalized spacial score (nSPS) is 15.2. The summed E-state index contributed by atoms with van der Waals surface area (Å²) in [7, 11) is 0. The number of nitrogens with one attached hydrogen (secondary N) is 1. The number of hydrogen-bond acceptors (Lipinski definition) is 3. The first-order valence-corrected chi connectivity index (χ1v) is 6.44. The highest BCUT2D eigenvalue weighted by Gasteiger charge is 2.12. The molecule has 2 nitrogen and oxygen atoms in total. The van der Waals surface area contributed by atoms with E-state index in [9.17, 15) is 0 Å². The molecule has 15 heavy (non-hydrogen) atoms. The minimum atomic E-state index is 0.290.